The first kappa shape index (κ1) is 25.8. The first-order chi connectivity index (χ1) is 12.2. The Kier molecular flexibility index (Phi) is 14.1. The number of methoxy groups -OCH3 is 1. The maximum Gasteiger partial charge on any atom is 0.161 e. The number of ether oxygens (including phenoxy) is 2. The van der Waals surface area contributed by atoms with E-state index >= 15 is 0 Å². The minimum atomic E-state index is 0. The second-order valence-electron chi connectivity index (χ2n) is 5.52. The number of aliphatic hydroxyl groups is 1. The van der Waals surface area contributed by atoms with Crippen LogP contribution in [0.2, 0.25) is 5.02 Å². The maximum absolute atomic E-state index is 8.70. The van der Waals surface area contributed by atoms with Gasteiger partial charge in [-0.1, -0.05) is 35.9 Å². The van der Waals surface area contributed by atoms with E-state index in [0.717, 1.165) is 30.8 Å². The Morgan fingerprint density at radius 1 is 0.963 bits per heavy atom. The van der Waals surface area contributed by atoms with Gasteiger partial charge in [0.15, 0.2) is 11.5 Å². The van der Waals surface area contributed by atoms with E-state index in [9.17, 15) is 0 Å². The number of hydrogen-bond donors (Lipinski definition) is 3. The molecule has 0 aromatic heterocycles. The summed E-state index contributed by atoms with van der Waals surface area (Å²) in [4.78, 5) is 0. The van der Waals surface area contributed by atoms with Gasteiger partial charge < -0.3 is 25.2 Å². The van der Waals surface area contributed by atoms with Crippen LogP contribution in [0.15, 0.2) is 42.5 Å². The summed E-state index contributed by atoms with van der Waals surface area (Å²) in [5, 5.41) is 15.9. The van der Waals surface area contributed by atoms with Crippen molar-refractivity contribution in [1.82, 2.24) is 10.6 Å². The quantitative estimate of drug-likeness (QED) is 0.470. The Labute approximate surface area is 178 Å². The highest BCUT2D eigenvalue weighted by Gasteiger charge is 2.07. The third kappa shape index (κ3) is 9.02. The van der Waals surface area contributed by atoms with Crippen LogP contribution in [0, 0.1) is 0 Å². The zero-order valence-electron chi connectivity index (χ0n) is 15.2. The molecule has 0 aliphatic carbocycles. The fourth-order valence-electron chi connectivity index (χ4n) is 2.33. The van der Waals surface area contributed by atoms with Crippen molar-refractivity contribution >= 4 is 36.4 Å². The normalized spacial score (nSPS) is 9.89. The van der Waals surface area contributed by atoms with Crippen LogP contribution in [0.1, 0.15) is 11.1 Å². The highest BCUT2D eigenvalue weighted by Crippen LogP contribution is 2.29. The van der Waals surface area contributed by atoms with Crippen molar-refractivity contribution in [2.45, 2.75) is 13.2 Å². The molecule has 0 radical (unpaired) electrons. The average molecular weight is 438 g/mol. The zero-order chi connectivity index (χ0) is 17.9. The molecule has 2 aromatic rings. The van der Waals surface area contributed by atoms with Crippen LogP contribution < -0.4 is 20.1 Å². The number of aliphatic hydroxyl groups excluding tert-OH is 1. The molecule has 5 nitrogen and oxygen atoms in total. The summed E-state index contributed by atoms with van der Waals surface area (Å²) >= 11 is 6.15. The van der Waals surface area contributed by atoms with Crippen LogP contribution in [0.5, 0.6) is 11.5 Å². The molecule has 0 aliphatic heterocycles. The molecule has 8 heteroatoms. The number of nitrogens with one attached hydrogen (secondary N) is 2. The van der Waals surface area contributed by atoms with Gasteiger partial charge in [-0.25, -0.2) is 0 Å². The van der Waals surface area contributed by atoms with E-state index in [1.54, 1.807) is 7.11 Å². The van der Waals surface area contributed by atoms with E-state index in [1.165, 1.54) is 0 Å². The van der Waals surface area contributed by atoms with Crippen molar-refractivity contribution in [2.24, 2.45) is 0 Å². The van der Waals surface area contributed by atoms with E-state index < -0.39 is 0 Å². The van der Waals surface area contributed by atoms with Crippen molar-refractivity contribution in [3.05, 3.63) is 58.6 Å². The maximum atomic E-state index is 8.70. The van der Waals surface area contributed by atoms with E-state index in [2.05, 4.69) is 10.6 Å². The predicted octanol–water partition coefficient (Wildman–Crippen LogP) is 3.44. The van der Waals surface area contributed by atoms with Crippen molar-refractivity contribution in [2.75, 3.05) is 33.4 Å². The van der Waals surface area contributed by atoms with Crippen LogP contribution in [0.3, 0.4) is 0 Å². The van der Waals surface area contributed by atoms with Crippen LogP contribution in [-0.2, 0) is 13.2 Å². The average Bonchev–Trinajstić information content (AvgIpc) is 2.64. The zero-order valence-corrected chi connectivity index (χ0v) is 17.6. The summed E-state index contributed by atoms with van der Waals surface area (Å²) in [5.41, 5.74) is 2.05. The molecular weight excluding hydrogens is 411 g/mol. The third-order valence-electron chi connectivity index (χ3n) is 3.67. The smallest absolute Gasteiger partial charge is 0.161 e. The molecule has 0 fully saturated rings. The van der Waals surface area contributed by atoms with E-state index in [-0.39, 0.29) is 31.4 Å². The molecule has 0 saturated carbocycles. The second-order valence-corrected chi connectivity index (χ2v) is 5.92. The lowest BCUT2D eigenvalue weighted by Crippen LogP contribution is -2.28. The molecule has 27 heavy (non-hydrogen) atoms. The van der Waals surface area contributed by atoms with E-state index in [0.29, 0.717) is 29.7 Å². The molecule has 0 heterocycles. The molecule has 2 aromatic carbocycles. The molecule has 0 unspecified atom stereocenters. The molecule has 0 amide bonds. The topological polar surface area (TPSA) is 62.8 Å². The fourth-order valence-corrected chi connectivity index (χ4v) is 2.52. The molecule has 0 aliphatic rings. The number of halogens is 3. The van der Waals surface area contributed by atoms with Gasteiger partial charge in [-0.05, 0) is 23.8 Å². The molecule has 2 rings (SSSR count). The van der Waals surface area contributed by atoms with Gasteiger partial charge in [0, 0.05) is 36.8 Å². The van der Waals surface area contributed by atoms with Gasteiger partial charge >= 0.3 is 0 Å². The molecule has 0 spiro atoms. The first-order valence-electron chi connectivity index (χ1n) is 8.30. The minimum absolute atomic E-state index is 0. The summed E-state index contributed by atoms with van der Waals surface area (Å²) in [6.45, 7) is 3.55. The summed E-state index contributed by atoms with van der Waals surface area (Å²) in [6, 6.07) is 13.5. The van der Waals surface area contributed by atoms with Crippen molar-refractivity contribution in [3.63, 3.8) is 0 Å². The van der Waals surface area contributed by atoms with Gasteiger partial charge in [0.2, 0.25) is 0 Å². The van der Waals surface area contributed by atoms with Gasteiger partial charge in [0.05, 0.1) is 13.7 Å². The van der Waals surface area contributed by atoms with Gasteiger partial charge in [-0.15, -0.1) is 24.8 Å². The van der Waals surface area contributed by atoms with Crippen LogP contribution >= 0.6 is 36.4 Å². The van der Waals surface area contributed by atoms with Gasteiger partial charge in [0.25, 0.3) is 0 Å². The third-order valence-corrected chi connectivity index (χ3v) is 4.03. The lowest BCUT2D eigenvalue weighted by molar-refractivity contribution is 0.284. The predicted molar refractivity (Wildman–Crippen MR) is 115 cm³/mol. The van der Waals surface area contributed by atoms with Gasteiger partial charge in [-0.2, -0.15) is 0 Å². The molecule has 0 atom stereocenters. The van der Waals surface area contributed by atoms with Crippen molar-refractivity contribution < 1.29 is 14.6 Å². The Morgan fingerprint density at radius 2 is 1.70 bits per heavy atom. The first-order valence-corrected chi connectivity index (χ1v) is 8.68. The second kappa shape index (κ2) is 14.8. The van der Waals surface area contributed by atoms with E-state index in [1.807, 2.05) is 42.5 Å². The fraction of sp³-hybridized carbons (Fsp3) is 0.368. The summed E-state index contributed by atoms with van der Waals surface area (Å²) in [5.74, 6) is 1.39. The van der Waals surface area contributed by atoms with Gasteiger partial charge in [0.1, 0.15) is 6.61 Å². The van der Waals surface area contributed by atoms with Crippen molar-refractivity contribution in [1.29, 1.82) is 0 Å². The molecule has 3 N–H and O–H groups in total. The van der Waals surface area contributed by atoms with Crippen LogP contribution in [0.25, 0.3) is 0 Å². The molecular formula is C19H27Cl3N2O3. The molecule has 152 valence electrons. The van der Waals surface area contributed by atoms with Crippen LogP contribution in [-0.4, -0.2) is 38.5 Å². The Hall–Kier alpha value is -1.21. The highest BCUT2D eigenvalue weighted by atomic mass is 35.5. The standard InChI is InChI=1S/C19H25ClN2O3.2ClH/c1-24-19-12-15(13-22-9-8-21-10-11-23)6-7-18(19)25-14-16-4-2-3-5-17(16)20;;/h2-7,12,21-23H,8-11,13-14H2,1H3;2*1H. The van der Waals surface area contributed by atoms with E-state index in [4.69, 9.17) is 26.2 Å². The van der Waals surface area contributed by atoms with Gasteiger partial charge in [-0.3, -0.25) is 0 Å². The SMILES string of the molecule is COc1cc(CNCCNCCO)ccc1OCc1ccccc1Cl.Cl.Cl. The lowest BCUT2D eigenvalue weighted by Gasteiger charge is -2.13. The molecule has 0 saturated heterocycles. The highest BCUT2D eigenvalue weighted by molar-refractivity contribution is 6.31. The van der Waals surface area contributed by atoms with Crippen molar-refractivity contribution in [3.8, 4) is 11.5 Å². The minimum Gasteiger partial charge on any atom is -0.493 e. The number of benzene rings is 2. The summed E-state index contributed by atoms with van der Waals surface area (Å²) < 4.78 is 11.3. The Balaban J connectivity index is 0.00000338. The molecule has 0 bridgehead atoms. The summed E-state index contributed by atoms with van der Waals surface area (Å²) in [7, 11) is 1.63. The largest absolute Gasteiger partial charge is 0.493 e. The Morgan fingerprint density at radius 3 is 2.41 bits per heavy atom. The summed E-state index contributed by atoms with van der Waals surface area (Å²) in [6.07, 6.45) is 0. The Bertz CT molecular complexity index is 660. The lowest BCUT2D eigenvalue weighted by atomic mass is 10.2. The number of rotatable bonds is 11. The number of hydrogen-bond acceptors (Lipinski definition) is 5. The monoisotopic (exact) mass is 436 g/mol. The van der Waals surface area contributed by atoms with Crippen LogP contribution in [0.4, 0.5) is 0 Å².